The first-order valence-electron chi connectivity index (χ1n) is 10.5. The molecule has 3 N–H and O–H groups in total. The second-order valence-electron chi connectivity index (χ2n) is 9.37. The van der Waals surface area contributed by atoms with Crippen LogP contribution in [0.3, 0.4) is 0 Å². The summed E-state index contributed by atoms with van der Waals surface area (Å²) in [5, 5.41) is 9.30. The molecule has 1 aromatic heterocycles. The molecule has 2 unspecified atom stereocenters. The molecular weight excluding hydrogens is 408 g/mol. The molecule has 2 saturated carbocycles. The monoisotopic (exact) mass is 433 g/mol. The lowest BCUT2D eigenvalue weighted by molar-refractivity contribution is 0.0694. The molecule has 9 heteroatoms. The molecule has 2 heterocycles. The van der Waals surface area contributed by atoms with Crippen LogP contribution in [0.5, 0.6) is 5.75 Å². The Labute approximate surface area is 177 Å². The van der Waals surface area contributed by atoms with Crippen LogP contribution in [0.1, 0.15) is 42.6 Å². The van der Waals surface area contributed by atoms with Gasteiger partial charge in [0.2, 0.25) is 5.43 Å². The molecule has 1 aliphatic heterocycles. The summed E-state index contributed by atoms with van der Waals surface area (Å²) in [6.45, 7) is 2.94. The Morgan fingerprint density at radius 2 is 2.06 bits per heavy atom. The smallest absolute Gasteiger partial charge is 0.341 e. The van der Waals surface area contributed by atoms with Crippen molar-refractivity contribution in [2.45, 2.75) is 43.9 Å². The average Bonchev–Trinajstić information content (AvgIpc) is 3.61. The predicted molar refractivity (Wildman–Crippen MR) is 111 cm³/mol. The van der Waals surface area contributed by atoms with Gasteiger partial charge < -0.3 is 25.0 Å². The van der Waals surface area contributed by atoms with Gasteiger partial charge in [0.1, 0.15) is 17.4 Å². The largest absolute Gasteiger partial charge is 0.492 e. The quantitative estimate of drug-likeness (QED) is 0.753. The number of aromatic carboxylic acids is 1. The van der Waals surface area contributed by atoms with E-state index in [9.17, 15) is 19.1 Å². The Balaban J connectivity index is 1.74. The highest BCUT2D eigenvalue weighted by atomic mass is 19.1. The fourth-order valence-corrected chi connectivity index (χ4v) is 5.18. The van der Waals surface area contributed by atoms with E-state index in [1.54, 1.807) is 0 Å². The van der Waals surface area contributed by atoms with E-state index in [0.717, 1.165) is 25.1 Å². The maximum Gasteiger partial charge on any atom is 0.341 e. The van der Waals surface area contributed by atoms with Crippen molar-refractivity contribution in [3.63, 3.8) is 0 Å². The van der Waals surface area contributed by atoms with Crippen molar-refractivity contribution in [3.05, 3.63) is 33.9 Å². The van der Waals surface area contributed by atoms with E-state index in [-0.39, 0.29) is 34.7 Å². The summed E-state index contributed by atoms with van der Waals surface area (Å²) in [6, 6.07) is 0.429. The molecule has 1 aromatic carbocycles. The van der Waals surface area contributed by atoms with E-state index in [1.807, 2.05) is 11.8 Å². The third-order valence-corrected chi connectivity index (χ3v) is 6.97. The minimum atomic E-state index is -1.44. The Morgan fingerprint density at radius 3 is 2.61 bits per heavy atom. The summed E-state index contributed by atoms with van der Waals surface area (Å²) in [4.78, 5) is 26.2. The zero-order valence-corrected chi connectivity index (χ0v) is 17.4. The van der Waals surface area contributed by atoms with Crippen molar-refractivity contribution in [2.24, 2.45) is 17.6 Å². The summed E-state index contributed by atoms with van der Waals surface area (Å²) in [5.41, 5.74) is 5.11. The van der Waals surface area contributed by atoms with Crippen molar-refractivity contribution in [3.8, 4) is 5.75 Å². The molecule has 1 saturated heterocycles. The van der Waals surface area contributed by atoms with Crippen LogP contribution in [0.15, 0.2) is 17.1 Å². The number of carboxylic acid groups (broad SMARTS) is 1. The van der Waals surface area contributed by atoms with Gasteiger partial charge in [-0.15, -0.1) is 0 Å². The molecule has 3 aliphatic rings. The van der Waals surface area contributed by atoms with Gasteiger partial charge in [-0.3, -0.25) is 4.79 Å². The molecular formula is C22H25F2N3O4. The van der Waals surface area contributed by atoms with Gasteiger partial charge in [0, 0.05) is 31.2 Å². The second kappa shape index (κ2) is 6.66. The van der Waals surface area contributed by atoms with Crippen molar-refractivity contribution < 1.29 is 23.4 Å². The number of rotatable bonds is 5. The zero-order chi connectivity index (χ0) is 22.2. The number of benzene rings is 1. The third-order valence-electron chi connectivity index (χ3n) is 6.97. The maximum atomic E-state index is 15.4. The highest BCUT2D eigenvalue weighted by Crippen LogP contribution is 2.49. The van der Waals surface area contributed by atoms with Crippen LogP contribution < -0.4 is 20.8 Å². The number of halogens is 2. The number of methoxy groups -OCH3 is 1. The first-order chi connectivity index (χ1) is 14.6. The summed E-state index contributed by atoms with van der Waals surface area (Å²) >= 11 is 0. The molecule has 0 radical (unpaired) electrons. The van der Waals surface area contributed by atoms with E-state index in [0.29, 0.717) is 19.0 Å². The number of hydrogen-bond acceptors (Lipinski definition) is 5. The van der Waals surface area contributed by atoms with Crippen molar-refractivity contribution >= 4 is 22.6 Å². The number of carbonyl (C=O) groups is 1. The van der Waals surface area contributed by atoms with Crippen LogP contribution in [0, 0.1) is 17.7 Å². The van der Waals surface area contributed by atoms with Gasteiger partial charge in [0.25, 0.3) is 0 Å². The van der Waals surface area contributed by atoms with E-state index in [1.165, 1.54) is 11.7 Å². The number of alkyl halides is 1. The van der Waals surface area contributed by atoms with Crippen LogP contribution in [-0.4, -0.2) is 47.6 Å². The molecule has 2 aliphatic carbocycles. The summed E-state index contributed by atoms with van der Waals surface area (Å²) in [7, 11) is 1.37. The van der Waals surface area contributed by atoms with Gasteiger partial charge in [-0.2, -0.15) is 0 Å². The van der Waals surface area contributed by atoms with Gasteiger partial charge >= 0.3 is 5.97 Å². The predicted octanol–water partition coefficient (Wildman–Crippen LogP) is 2.69. The highest BCUT2D eigenvalue weighted by molar-refractivity contribution is 5.97. The number of ether oxygens (including phenoxy) is 1. The van der Waals surface area contributed by atoms with E-state index < -0.39 is 40.5 Å². The molecule has 4 atom stereocenters. The summed E-state index contributed by atoms with van der Waals surface area (Å²) in [5.74, 6) is -1.29. The second-order valence-corrected chi connectivity index (χ2v) is 9.37. The lowest BCUT2D eigenvalue weighted by Gasteiger charge is -2.26. The van der Waals surface area contributed by atoms with Crippen LogP contribution in [0.25, 0.3) is 10.9 Å². The molecule has 0 spiro atoms. The number of hydrogen-bond donors (Lipinski definition) is 2. The van der Waals surface area contributed by atoms with Gasteiger partial charge in [0.15, 0.2) is 11.6 Å². The lowest BCUT2D eigenvalue weighted by Crippen LogP contribution is -2.45. The van der Waals surface area contributed by atoms with Gasteiger partial charge in [-0.05, 0) is 37.7 Å². The first kappa shape index (κ1) is 20.2. The summed E-state index contributed by atoms with van der Waals surface area (Å²) in [6.07, 6.45) is 2.40. The van der Waals surface area contributed by atoms with Crippen molar-refractivity contribution in [1.29, 1.82) is 0 Å². The fourth-order valence-electron chi connectivity index (χ4n) is 5.18. The summed E-state index contributed by atoms with van der Waals surface area (Å²) < 4.78 is 36.4. The van der Waals surface area contributed by atoms with E-state index in [2.05, 4.69) is 0 Å². The van der Waals surface area contributed by atoms with Gasteiger partial charge in [0.05, 0.1) is 24.1 Å². The lowest BCUT2D eigenvalue weighted by atomic mass is 9.86. The van der Waals surface area contributed by atoms with Crippen LogP contribution in [0.4, 0.5) is 14.5 Å². The Kier molecular flexibility index (Phi) is 4.35. The number of fused-ring (bicyclic) bond motifs is 1. The van der Waals surface area contributed by atoms with Crippen molar-refractivity contribution in [2.75, 3.05) is 25.1 Å². The number of nitrogens with two attached hydrogens (primary N) is 1. The Bertz CT molecular complexity index is 1160. The molecule has 7 nitrogen and oxygen atoms in total. The number of pyridine rings is 1. The minimum absolute atomic E-state index is 0.107. The van der Waals surface area contributed by atoms with Crippen LogP contribution in [-0.2, 0) is 0 Å². The SMILES string of the molecule is COc1c(N2CC(C3CC3)C(C)(N)C2)c(F)cc2c(=O)c(C(=O)O)cn([C@@H]3C[C@@H]3F)c12. The highest BCUT2D eigenvalue weighted by Gasteiger charge is 2.49. The zero-order valence-electron chi connectivity index (χ0n) is 17.4. The number of carboxylic acids is 1. The van der Waals surface area contributed by atoms with Gasteiger partial charge in [-0.25, -0.2) is 13.6 Å². The Morgan fingerprint density at radius 1 is 1.39 bits per heavy atom. The molecule has 0 bridgehead atoms. The molecule has 3 fully saturated rings. The molecule has 2 aromatic rings. The van der Waals surface area contributed by atoms with Crippen molar-refractivity contribution in [1.82, 2.24) is 4.57 Å². The van der Waals surface area contributed by atoms with E-state index in [4.69, 9.17) is 10.5 Å². The normalized spacial score (nSPS) is 30.1. The molecule has 5 rings (SSSR count). The topological polar surface area (TPSA) is 97.8 Å². The molecule has 166 valence electrons. The maximum absolute atomic E-state index is 15.4. The van der Waals surface area contributed by atoms with Gasteiger partial charge in [-0.1, -0.05) is 0 Å². The third kappa shape index (κ3) is 3.09. The Hall–Kier alpha value is -2.68. The fraction of sp³-hybridized carbons (Fsp3) is 0.545. The number of anilines is 1. The standard InChI is InChI=1S/C22H25F2N3O4/c1-22(25)9-26(8-13(22)10-3-4-10)18-15(24)5-11-17(20(18)31-2)27(16-6-14(16)23)7-12(19(11)28)21(29)30/h5,7,10,13-14,16H,3-4,6,8-9,25H2,1-2H3,(H,29,30)/t13?,14-,16+,22?/m0/s1. The van der Waals surface area contributed by atoms with E-state index >= 15 is 4.39 Å². The molecule has 0 amide bonds. The van der Waals surface area contributed by atoms with Crippen LogP contribution in [0.2, 0.25) is 0 Å². The first-order valence-corrected chi connectivity index (χ1v) is 10.5. The number of aromatic nitrogens is 1. The average molecular weight is 433 g/mol. The van der Waals surface area contributed by atoms with Crippen LogP contribution >= 0.6 is 0 Å². The minimum Gasteiger partial charge on any atom is -0.492 e. The molecule has 31 heavy (non-hydrogen) atoms. The number of nitrogens with zero attached hydrogens (tertiary/aromatic N) is 2.